The molecule has 1 saturated heterocycles. The van der Waals surface area contributed by atoms with Crippen molar-refractivity contribution in [3.8, 4) is 0 Å². The fraction of sp³-hybridized carbons (Fsp3) is 0.250. The van der Waals surface area contributed by atoms with Crippen LogP contribution in [0.5, 0.6) is 0 Å². The molecule has 0 bridgehead atoms. The summed E-state index contributed by atoms with van der Waals surface area (Å²) in [6, 6.07) is 24.0. The molecule has 0 unspecified atom stereocenters. The molecular weight excluding hydrogens is 394 g/mol. The first-order valence-electron chi connectivity index (χ1n) is 10.2. The number of carbonyl (C=O) groups is 2. The molecule has 1 N–H and O–H groups in total. The van der Waals surface area contributed by atoms with Crippen molar-refractivity contribution in [3.63, 3.8) is 0 Å². The van der Waals surface area contributed by atoms with Crippen molar-refractivity contribution in [1.82, 2.24) is 15.1 Å². The van der Waals surface area contributed by atoms with Crippen LogP contribution >= 0.6 is 11.3 Å². The second kappa shape index (κ2) is 9.69. The highest BCUT2D eigenvalue weighted by atomic mass is 32.1. The molecule has 0 aliphatic carbocycles. The number of nitrogens with one attached hydrogen (secondary N) is 1. The molecule has 3 aromatic rings. The second-order valence-corrected chi connectivity index (χ2v) is 8.23. The van der Waals surface area contributed by atoms with Gasteiger partial charge in [0, 0.05) is 26.2 Å². The molecule has 0 radical (unpaired) electrons. The van der Waals surface area contributed by atoms with Gasteiger partial charge in [0.1, 0.15) is 0 Å². The zero-order valence-electron chi connectivity index (χ0n) is 16.7. The topological polar surface area (TPSA) is 52.7 Å². The predicted octanol–water partition coefficient (Wildman–Crippen LogP) is 3.41. The van der Waals surface area contributed by atoms with Gasteiger partial charge in [0.05, 0.1) is 17.5 Å². The summed E-state index contributed by atoms with van der Waals surface area (Å²) >= 11 is 1.46. The van der Waals surface area contributed by atoms with Crippen LogP contribution < -0.4 is 5.32 Å². The highest BCUT2D eigenvalue weighted by Crippen LogP contribution is 2.21. The van der Waals surface area contributed by atoms with Gasteiger partial charge in [0.25, 0.3) is 5.91 Å². The van der Waals surface area contributed by atoms with Gasteiger partial charge in [0.15, 0.2) is 0 Å². The Morgan fingerprint density at radius 3 is 1.90 bits per heavy atom. The third-order valence-corrected chi connectivity index (χ3v) is 6.23. The van der Waals surface area contributed by atoms with E-state index in [0.717, 1.165) is 16.0 Å². The van der Waals surface area contributed by atoms with Crippen molar-refractivity contribution in [3.05, 3.63) is 94.2 Å². The second-order valence-electron chi connectivity index (χ2n) is 7.29. The van der Waals surface area contributed by atoms with Gasteiger partial charge in [-0.25, -0.2) is 0 Å². The van der Waals surface area contributed by atoms with Crippen LogP contribution in [-0.4, -0.2) is 54.3 Å². The van der Waals surface area contributed by atoms with Crippen LogP contribution in [0.15, 0.2) is 78.2 Å². The molecule has 30 heavy (non-hydrogen) atoms. The number of carbonyl (C=O) groups excluding carboxylic acids is 2. The summed E-state index contributed by atoms with van der Waals surface area (Å²) in [5, 5.41) is 5.35. The molecule has 2 heterocycles. The van der Waals surface area contributed by atoms with Crippen LogP contribution in [-0.2, 0) is 4.79 Å². The highest BCUT2D eigenvalue weighted by Gasteiger charge is 2.25. The normalized spacial score (nSPS) is 14.2. The Labute approximate surface area is 180 Å². The number of thiophene rings is 1. The van der Waals surface area contributed by atoms with Crippen LogP contribution in [0.25, 0.3) is 0 Å². The number of rotatable bonds is 6. The van der Waals surface area contributed by atoms with Gasteiger partial charge >= 0.3 is 0 Å². The Kier molecular flexibility index (Phi) is 6.57. The number of nitrogens with zero attached hydrogens (tertiary/aromatic N) is 2. The van der Waals surface area contributed by atoms with Gasteiger partial charge in [-0.15, -0.1) is 11.3 Å². The van der Waals surface area contributed by atoms with Gasteiger partial charge in [-0.2, -0.15) is 0 Å². The first kappa shape index (κ1) is 20.3. The van der Waals surface area contributed by atoms with Crippen molar-refractivity contribution < 1.29 is 9.59 Å². The summed E-state index contributed by atoms with van der Waals surface area (Å²) in [6.45, 7) is 2.54. The van der Waals surface area contributed by atoms with E-state index in [2.05, 4.69) is 29.6 Å². The third kappa shape index (κ3) is 4.78. The van der Waals surface area contributed by atoms with Crippen LogP contribution in [0.3, 0.4) is 0 Å². The molecule has 4 rings (SSSR count). The maximum Gasteiger partial charge on any atom is 0.264 e. The van der Waals surface area contributed by atoms with E-state index in [4.69, 9.17) is 0 Å². The van der Waals surface area contributed by atoms with Crippen LogP contribution in [0.4, 0.5) is 0 Å². The Morgan fingerprint density at radius 1 is 0.800 bits per heavy atom. The summed E-state index contributed by atoms with van der Waals surface area (Å²) in [5.41, 5.74) is 2.26. The number of hydrogen-bond acceptors (Lipinski definition) is 4. The van der Waals surface area contributed by atoms with E-state index in [1.807, 2.05) is 63.7 Å². The zero-order valence-corrected chi connectivity index (χ0v) is 17.6. The minimum atomic E-state index is -0.0435. The fourth-order valence-electron chi connectivity index (χ4n) is 3.74. The Hall–Kier alpha value is -2.96. The molecule has 0 spiro atoms. The van der Waals surface area contributed by atoms with Crippen molar-refractivity contribution in [2.75, 3.05) is 32.7 Å². The average Bonchev–Trinajstić information content (AvgIpc) is 3.35. The maximum absolute atomic E-state index is 12.8. The van der Waals surface area contributed by atoms with E-state index in [0.29, 0.717) is 26.2 Å². The number of hydrogen-bond donors (Lipinski definition) is 1. The van der Waals surface area contributed by atoms with E-state index in [-0.39, 0.29) is 24.4 Å². The molecule has 1 aliphatic rings. The molecule has 2 aromatic carbocycles. The molecular formula is C24H25N3O2S. The fourth-order valence-corrected chi connectivity index (χ4v) is 4.43. The summed E-state index contributed by atoms with van der Waals surface area (Å²) in [6.07, 6.45) is 0. The van der Waals surface area contributed by atoms with Crippen molar-refractivity contribution in [2.24, 2.45) is 0 Å². The summed E-state index contributed by atoms with van der Waals surface area (Å²) < 4.78 is 0. The van der Waals surface area contributed by atoms with Crippen LogP contribution in [0, 0.1) is 0 Å². The van der Waals surface area contributed by atoms with Crippen LogP contribution in [0.1, 0.15) is 26.8 Å². The first-order valence-corrected chi connectivity index (χ1v) is 11.0. The molecule has 0 atom stereocenters. The number of piperazine rings is 1. The average molecular weight is 420 g/mol. The number of amides is 2. The smallest absolute Gasteiger partial charge is 0.264 e. The molecule has 1 aliphatic heterocycles. The molecule has 154 valence electrons. The number of benzene rings is 2. The van der Waals surface area contributed by atoms with Gasteiger partial charge in [-0.1, -0.05) is 66.7 Å². The molecule has 0 saturated carbocycles. The molecule has 1 fully saturated rings. The maximum atomic E-state index is 12.8. The highest BCUT2D eigenvalue weighted by molar-refractivity contribution is 7.12. The summed E-state index contributed by atoms with van der Waals surface area (Å²) in [4.78, 5) is 29.8. The lowest BCUT2D eigenvalue weighted by molar-refractivity contribution is -0.131. The van der Waals surface area contributed by atoms with E-state index < -0.39 is 0 Å². The van der Waals surface area contributed by atoms with Gasteiger partial charge in [0.2, 0.25) is 5.91 Å². The summed E-state index contributed by atoms with van der Waals surface area (Å²) in [7, 11) is 0. The minimum Gasteiger partial charge on any atom is -0.338 e. The van der Waals surface area contributed by atoms with Crippen molar-refractivity contribution >= 4 is 23.2 Å². The molecule has 2 amide bonds. The predicted molar refractivity (Wildman–Crippen MR) is 120 cm³/mol. The van der Waals surface area contributed by atoms with E-state index in [9.17, 15) is 9.59 Å². The van der Waals surface area contributed by atoms with E-state index >= 15 is 0 Å². The third-order valence-electron chi connectivity index (χ3n) is 5.37. The van der Waals surface area contributed by atoms with E-state index in [1.54, 1.807) is 0 Å². The van der Waals surface area contributed by atoms with Gasteiger partial charge in [-0.05, 0) is 22.6 Å². The summed E-state index contributed by atoms with van der Waals surface area (Å²) in [5.74, 6) is 0.124. The molecule has 1 aromatic heterocycles. The standard InChI is InChI=1S/C24H25N3O2S/c28-22(26-13-15-27(16-14-26)24(29)21-12-7-17-30-21)18-25-23(19-8-3-1-4-9-19)20-10-5-2-6-11-20/h1-12,17,23,25H,13-16,18H2. The lowest BCUT2D eigenvalue weighted by Gasteiger charge is -2.35. The van der Waals surface area contributed by atoms with Crippen molar-refractivity contribution in [2.45, 2.75) is 6.04 Å². The monoisotopic (exact) mass is 419 g/mol. The SMILES string of the molecule is O=C(CNC(c1ccccc1)c1ccccc1)N1CCN(C(=O)c2cccs2)CC1. The zero-order chi connectivity index (χ0) is 20.8. The lowest BCUT2D eigenvalue weighted by Crippen LogP contribution is -2.52. The van der Waals surface area contributed by atoms with E-state index in [1.165, 1.54) is 11.3 Å². The Morgan fingerprint density at radius 2 is 1.37 bits per heavy atom. The van der Waals surface area contributed by atoms with Gasteiger partial charge < -0.3 is 9.80 Å². The largest absolute Gasteiger partial charge is 0.338 e. The van der Waals surface area contributed by atoms with Gasteiger partial charge in [-0.3, -0.25) is 14.9 Å². The minimum absolute atomic E-state index is 0.0435. The quantitative estimate of drug-likeness (QED) is 0.666. The Balaban J connectivity index is 1.35. The van der Waals surface area contributed by atoms with Crippen molar-refractivity contribution in [1.29, 1.82) is 0 Å². The first-order chi connectivity index (χ1) is 14.7. The lowest BCUT2D eigenvalue weighted by atomic mass is 9.99. The van der Waals surface area contributed by atoms with Crippen LogP contribution in [0.2, 0.25) is 0 Å². The molecule has 6 heteroatoms. The molecule has 5 nitrogen and oxygen atoms in total. The Bertz CT molecular complexity index is 913.